The predicted octanol–water partition coefficient (Wildman–Crippen LogP) is 18.6. The van der Waals surface area contributed by atoms with Crippen LogP contribution < -0.4 is 0 Å². The van der Waals surface area contributed by atoms with Crippen molar-refractivity contribution in [1.82, 2.24) is 0 Å². The molecule has 64 heavy (non-hydrogen) atoms. The van der Waals surface area contributed by atoms with Crippen molar-refractivity contribution in [1.29, 1.82) is 0 Å². The third-order valence-electron chi connectivity index (χ3n) is 13.1. The molecule has 0 aliphatic rings. The van der Waals surface area contributed by atoms with Crippen molar-refractivity contribution < 1.29 is 37.6 Å². The van der Waals surface area contributed by atoms with Crippen molar-refractivity contribution >= 4 is 19.8 Å². The molecule has 0 aromatic carbocycles. The summed E-state index contributed by atoms with van der Waals surface area (Å²) >= 11 is 0. The van der Waals surface area contributed by atoms with E-state index in [2.05, 4.69) is 18.4 Å². The van der Waals surface area contributed by atoms with Crippen LogP contribution in [0.2, 0.25) is 0 Å². The number of esters is 2. The maximum atomic E-state index is 12.6. The molecule has 0 saturated heterocycles. The molecule has 0 aromatic rings. The van der Waals surface area contributed by atoms with Crippen molar-refractivity contribution in [3.05, 3.63) is 0 Å². The van der Waals surface area contributed by atoms with E-state index >= 15 is 0 Å². The first kappa shape index (κ1) is 63.0. The lowest BCUT2D eigenvalue weighted by Gasteiger charge is -2.19. The minimum atomic E-state index is -4.26. The van der Waals surface area contributed by atoms with Gasteiger partial charge in [-0.2, -0.15) is 0 Å². The van der Waals surface area contributed by atoms with Gasteiger partial charge in [-0.25, -0.2) is 4.57 Å². The fourth-order valence-electron chi connectivity index (χ4n) is 8.78. The second-order valence-corrected chi connectivity index (χ2v) is 21.0. The Morgan fingerprint density at radius 2 is 0.609 bits per heavy atom. The summed E-state index contributed by atoms with van der Waals surface area (Å²) in [5.41, 5.74) is 0. The Labute approximate surface area is 398 Å². The van der Waals surface area contributed by atoms with Crippen molar-refractivity contribution in [3.63, 3.8) is 0 Å². The number of unbranched alkanes of at least 4 members (excludes halogenated alkanes) is 43. The Bertz CT molecular complexity index is 1010. The molecule has 2 unspecified atom stereocenters. The van der Waals surface area contributed by atoms with Crippen LogP contribution in [-0.4, -0.2) is 43.3 Å². The van der Waals surface area contributed by atoms with Gasteiger partial charge in [-0.3, -0.25) is 18.6 Å². The van der Waals surface area contributed by atoms with Gasteiger partial charge in [0.05, 0.1) is 6.61 Å². The SMILES string of the molecule is CCCCCCCCCCCCCCCCCCCCCCCCCCC(=O)OC(COC(=O)CCCCCCCCCCCCCCCCCCCCCCC)COP(=O)(O)OC. The lowest BCUT2D eigenvalue weighted by Crippen LogP contribution is -2.29. The van der Waals surface area contributed by atoms with Crippen molar-refractivity contribution in [2.75, 3.05) is 20.3 Å². The number of carbonyl (C=O) groups is 2. The van der Waals surface area contributed by atoms with Crippen LogP contribution in [0, 0.1) is 0 Å². The van der Waals surface area contributed by atoms with E-state index in [0.29, 0.717) is 6.42 Å². The van der Waals surface area contributed by atoms with Gasteiger partial charge >= 0.3 is 19.8 Å². The Kier molecular flexibility index (Phi) is 50.7. The minimum absolute atomic E-state index is 0.215. The lowest BCUT2D eigenvalue weighted by molar-refractivity contribution is -0.161. The first-order valence-electron chi connectivity index (χ1n) is 28.2. The smallest absolute Gasteiger partial charge is 0.462 e. The molecule has 0 amide bonds. The fraction of sp³-hybridized carbons (Fsp3) is 0.964. The summed E-state index contributed by atoms with van der Waals surface area (Å²) in [6.45, 7) is 3.97. The molecule has 0 spiro atoms. The van der Waals surface area contributed by atoms with Gasteiger partial charge in [-0.15, -0.1) is 0 Å². The van der Waals surface area contributed by atoms with E-state index in [0.717, 1.165) is 45.6 Å². The number of phosphoric ester groups is 1. The van der Waals surface area contributed by atoms with Gasteiger partial charge in [-0.1, -0.05) is 290 Å². The number of hydrogen-bond acceptors (Lipinski definition) is 7. The van der Waals surface area contributed by atoms with Crippen LogP contribution in [0.5, 0.6) is 0 Å². The summed E-state index contributed by atoms with van der Waals surface area (Å²) in [7, 11) is -3.19. The van der Waals surface area contributed by atoms with Crippen molar-refractivity contribution in [2.24, 2.45) is 0 Å². The molecule has 0 aromatic heterocycles. The lowest BCUT2D eigenvalue weighted by atomic mass is 10.0. The van der Waals surface area contributed by atoms with E-state index in [1.807, 2.05) is 0 Å². The summed E-state index contributed by atoms with van der Waals surface area (Å²) in [5.74, 6) is -0.777. The highest BCUT2D eigenvalue weighted by Crippen LogP contribution is 2.42. The number of carbonyl (C=O) groups excluding carboxylic acids is 2. The highest BCUT2D eigenvalue weighted by atomic mass is 31.2. The predicted molar refractivity (Wildman–Crippen MR) is 272 cm³/mol. The molecule has 0 rings (SSSR count). The van der Waals surface area contributed by atoms with Crippen LogP contribution in [0.3, 0.4) is 0 Å². The standard InChI is InChI=1S/C55H109O8P/c1-4-6-8-10-12-14-16-18-20-22-24-26-27-28-30-32-34-36-38-40-42-44-46-48-50-55(57)63-53(52-62-64(58,59)60-3)51-61-54(56)49-47-45-43-41-39-37-35-33-31-29-25-23-21-19-17-15-13-11-9-7-5-2/h53H,4-52H2,1-3H3,(H,58,59). The molecule has 0 aliphatic heterocycles. The average molecular weight is 929 g/mol. The fourth-order valence-corrected chi connectivity index (χ4v) is 9.24. The zero-order chi connectivity index (χ0) is 46.7. The largest absolute Gasteiger partial charge is 0.472 e. The van der Waals surface area contributed by atoms with E-state index < -0.39 is 19.9 Å². The van der Waals surface area contributed by atoms with Gasteiger partial charge in [0.2, 0.25) is 0 Å². The molecule has 0 fully saturated rings. The Balaban J connectivity index is 3.78. The van der Waals surface area contributed by atoms with E-state index in [4.69, 9.17) is 14.0 Å². The molecular weight excluding hydrogens is 820 g/mol. The molecule has 2 atom stereocenters. The third kappa shape index (κ3) is 50.5. The first-order valence-corrected chi connectivity index (χ1v) is 29.7. The second kappa shape index (κ2) is 51.4. The highest BCUT2D eigenvalue weighted by molar-refractivity contribution is 7.47. The molecule has 0 bridgehead atoms. The molecule has 0 saturated carbocycles. The minimum Gasteiger partial charge on any atom is -0.462 e. The number of phosphoric acid groups is 1. The summed E-state index contributed by atoms with van der Waals surface area (Å²) in [5, 5.41) is 0. The maximum absolute atomic E-state index is 12.6. The average Bonchev–Trinajstić information content (AvgIpc) is 3.29. The molecular formula is C55H109O8P. The molecule has 9 heteroatoms. The van der Waals surface area contributed by atoms with E-state index in [1.165, 1.54) is 250 Å². The zero-order valence-corrected chi connectivity index (χ0v) is 43.9. The van der Waals surface area contributed by atoms with Gasteiger partial charge in [0, 0.05) is 20.0 Å². The molecule has 0 aliphatic carbocycles. The van der Waals surface area contributed by atoms with Gasteiger partial charge in [0.15, 0.2) is 6.10 Å². The topological polar surface area (TPSA) is 108 Å². The van der Waals surface area contributed by atoms with Crippen molar-refractivity contribution in [3.8, 4) is 0 Å². The Hall–Kier alpha value is -0.950. The second-order valence-electron chi connectivity index (χ2n) is 19.4. The van der Waals surface area contributed by atoms with Gasteiger partial charge in [-0.05, 0) is 12.8 Å². The maximum Gasteiger partial charge on any atom is 0.472 e. The van der Waals surface area contributed by atoms with Crippen LogP contribution in [0.15, 0.2) is 0 Å². The molecule has 0 radical (unpaired) electrons. The highest BCUT2D eigenvalue weighted by Gasteiger charge is 2.25. The first-order chi connectivity index (χ1) is 31.3. The summed E-state index contributed by atoms with van der Waals surface area (Å²) in [4.78, 5) is 34.7. The van der Waals surface area contributed by atoms with Crippen molar-refractivity contribution in [2.45, 2.75) is 322 Å². The molecule has 1 N–H and O–H groups in total. The van der Waals surface area contributed by atoms with E-state index in [-0.39, 0.29) is 25.6 Å². The normalized spacial score (nSPS) is 13.0. The molecule has 382 valence electrons. The van der Waals surface area contributed by atoms with Gasteiger partial charge in [0.1, 0.15) is 6.61 Å². The summed E-state index contributed by atoms with van der Waals surface area (Å²) in [6, 6.07) is 0. The number of rotatable bonds is 54. The summed E-state index contributed by atoms with van der Waals surface area (Å²) < 4.78 is 32.2. The van der Waals surface area contributed by atoms with Crippen LogP contribution >= 0.6 is 7.82 Å². The number of hydrogen-bond donors (Lipinski definition) is 1. The molecule has 8 nitrogen and oxygen atoms in total. The summed E-state index contributed by atoms with van der Waals surface area (Å²) in [6.07, 6.45) is 59.0. The number of ether oxygens (including phenoxy) is 2. The van der Waals surface area contributed by atoms with Crippen LogP contribution in [0.1, 0.15) is 316 Å². The molecule has 0 heterocycles. The van der Waals surface area contributed by atoms with Crippen LogP contribution in [0.25, 0.3) is 0 Å². The van der Waals surface area contributed by atoms with E-state index in [9.17, 15) is 19.0 Å². The third-order valence-corrected chi connectivity index (χ3v) is 14.0. The van der Waals surface area contributed by atoms with Crippen LogP contribution in [-0.2, 0) is 32.7 Å². The van der Waals surface area contributed by atoms with E-state index in [1.54, 1.807) is 0 Å². The monoisotopic (exact) mass is 929 g/mol. The van der Waals surface area contributed by atoms with Gasteiger partial charge < -0.3 is 14.4 Å². The Morgan fingerprint density at radius 3 is 0.859 bits per heavy atom. The Morgan fingerprint density at radius 1 is 0.375 bits per heavy atom. The zero-order valence-electron chi connectivity index (χ0n) is 43.0. The van der Waals surface area contributed by atoms with Gasteiger partial charge in [0.25, 0.3) is 0 Å². The van der Waals surface area contributed by atoms with Crippen LogP contribution in [0.4, 0.5) is 0 Å². The quantitative estimate of drug-likeness (QED) is 0.0365.